The SMILES string of the molecule is O=C(O)Cc1c(Br)n(Cc2ccccc2O)c2c(O)cccc12. The minimum atomic E-state index is -0.948. The van der Waals surface area contributed by atoms with E-state index in [1.165, 1.54) is 0 Å². The molecule has 0 amide bonds. The molecule has 2 aromatic carbocycles. The van der Waals surface area contributed by atoms with E-state index in [4.69, 9.17) is 5.11 Å². The number of fused-ring (bicyclic) bond motifs is 1. The van der Waals surface area contributed by atoms with E-state index in [1.54, 1.807) is 41.0 Å². The van der Waals surface area contributed by atoms with Crippen molar-refractivity contribution < 1.29 is 20.1 Å². The van der Waals surface area contributed by atoms with Crippen molar-refractivity contribution in [3.8, 4) is 11.5 Å². The van der Waals surface area contributed by atoms with Gasteiger partial charge < -0.3 is 19.9 Å². The predicted octanol–water partition coefficient (Wildman–Crippen LogP) is 3.49. The van der Waals surface area contributed by atoms with Gasteiger partial charge in [-0.15, -0.1) is 0 Å². The van der Waals surface area contributed by atoms with Crippen LogP contribution in [0.2, 0.25) is 0 Å². The molecular formula is C17H14BrNO4. The van der Waals surface area contributed by atoms with Gasteiger partial charge in [0.25, 0.3) is 0 Å². The summed E-state index contributed by atoms with van der Waals surface area (Å²) in [5.74, 6) is -0.734. The van der Waals surface area contributed by atoms with Crippen LogP contribution in [0.1, 0.15) is 11.1 Å². The lowest BCUT2D eigenvalue weighted by atomic mass is 10.1. The molecule has 0 aliphatic rings. The summed E-state index contributed by atoms with van der Waals surface area (Å²) in [6.45, 7) is 0.306. The van der Waals surface area contributed by atoms with Gasteiger partial charge in [-0.1, -0.05) is 30.3 Å². The molecular weight excluding hydrogens is 362 g/mol. The number of carboxylic acids is 1. The van der Waals surface area contributed by atoms with E-state index < -0.39 is 5.97 Å². The van der Waals surface area contributed by atoms with Gasteiger partial charge in [-0.25, -0.2) is 0 Å². The van der Waals surface area contributed by atoms with Crippen LogP contribution in [0.15, 0.2) is 47.1 Å². The van der Waals surface area contributed by atoms with Crippen LogP contribution >= 0.6 is 15.9 Å². The van der Waals surface area contributed by atoms with Crippen LogP contribution in [0.25, 0.3) is 10.9 Å². The molecule has 0 spiro atoms. The van der Waals surface area contributed by atoms with Crippen LogP contribution in [-0.2, 0) is 17.8 Å². The normalized spacial score (nSPS) is 11.0. The van der Waals surface area contributed by atoms with Crippen LogP contribution in [0.3, 0.4) is 0 Å². The molecule has 0 atom stereocenters. The largest absolute Gasteiger partial charge is 0.508 e. The van der Waals surface area contributed by atoms with E-state index in [1.807, 2.05) is 6.07 Å². The van der Waals surface area contributed by atoms with E-state index in [0.29, 0.717) is 33.2 Å². The van der Waals surface area contributed by atoms with Crippen LogP contribution in [0.5, 0.6) is 11.5 Å². The first-order valence-electron chi connectivity index (χ1n) is 6.96. The quantitative estimate of drug-likeness (QED) is 0.651. The topological polar surface area (TPSA) is 82.7 Å². The first kappa shape index (κ1) is 15.4. The van der Waals surface area contributed by atoms with Gasteiger partial charge in [0.05, 0.1) is 23.1 Å². The molecule has 3 rings (SSSR count). The summed E-state index contributed by atoms with van der Waals surface area (Å²) < 4.78 is 2.34. The third-order valence-electron chi connectivity index (χ3n) is 3.74. The van der Waals surface area contributed by atoms with Gasteiger partial charge in [-0.2, -0.15) is 0 Å². The highest BCUT2D eigenvalue weighted by Gasteiger charge is 2.20. The number of carboxylic acid groups (broad SMARTS) is 1. The molecule has 0 bridgehead atoms. The van der Waals surface area contributed by atoms with E-state index >= 15 is 0 Å². The highest BCUT2D eigenvalue weighted by Crippen LogP contribution is 2.36. The zero-order valence-electron chi connectivity index (χ0n) is 12.0. The zero-order valence-corrected chi connectivity index (χ0v) is 13.6. The molecule has 23 heavy (non-hydrogen) atoms. The van der Waals surface area contributed by atoms with Crippen molar-refractivity contribution in [2.45, 2.75) is 13.0 Å². The Labute approximate surface area is 140 Å². The fourth-order valence-corrected chi connectivity index (χ4v) is 3.37. The summed E-state index contributed by atoms with van der Waals surface area (Å²) >= 11 is 3.45. The number of carbonyl (C=O) groups is 1. The van der Waals surface area contributed by atoms with Crippen molar-refractivity contribution in [1.29, 1.82) is 0 Å². The van der Waals surface area contributed by atoms with Gasteiger partial charge in [0.15, 0.2) is 0 Å². The predicted molar refractivity (Wildman–Crippen MR) is 89.9 cm³/mol. The molecule has 1 heterocycles. The Hall–Kier alpha value is -2.47. The summed E-state index contributed by atoms with van der Waals surface area (Å²) in [6, 6.07) is 11.9. The van der Waals surface area contributed by atoms with Gasteiger partial charge in [-0.3, -0.25) is 4.79 Å². The van der Waals surface area contributed by atoms with E-state index in [-0.39, 0.29) is 17.9 Å². The first-order valence-corrected chi connectivity index (χ1v) is 7.75. The number of para-hydroxylation sites is 2. The number of aliphatic carboxylic acids is 1. The molecule has 3 N–H and O–H groups in total. The van der Waals surface area contributed by atoms with Gasteiger partial charge in [-0.05, 0) is 28.1 Å². The van der Waals surface area contributed by atoms with Crippen molar-refractivity contribution >= 4 is 32.8 Å². The van der Waals surface area contributed by atoms with E-state index in [9.17, 15) is 15.0 Å². The minimum Gasteiger partial charge on any atom is -0.508 e. The Morgan fingerprint density at radius 1 is 1.04 bits per heavy atom. The lowest BCUT2D eigenvalue weighted by molar-refractivity contribution is -0.136. The zero-order chi connectivity index (χ0) is 16.6. The number of aromatic nitrogens is 1. The van der Waals surface area contributed by atoms with Crippen molar-refractivity contribution in [3.05, 3.63) is 58.2 Å². The molecule has 5 nitrogen and oxygen atoms in total. The maximum Gasteiger partial charge on any atom is 0.307 e. The summed E-state index contributed by atoms with van der Waals surface area (Å²) in [5, 5.41) is 30.0. The smallest absolute Gasteiger partial charge is 0.307 e. The van der Waals surface area contributed by atoms with Crippen molar-refractivity contribution in [2.75, 3.05) is 0 Å². The standard InChI is InChI=1S/C17H14BrNO4/c18-17-12(8-15(22)23)11-5-3-7-14(21)16(11)19(17)9-10-4-1-2-6-13(10)20/h1-7,20-21H,8-9H2,(H,22,23). The van der Waals surface area contributed by atoms with Crippen LogP contribution in [0, 0.1) is 0 Å². The minimum absolute atomic E-state index is 0.0651. The van der Waals surface area contributed by atoms with Gasteiger partial charge in [0.1, 0.15) is 11.5 Å². The lowest BCUT2D eigenvalue weighted by Gasteiger charge is -2.10. The number of phenols is 2. The molecule has 0 unspecified atom stereocenters. The summed E-state index contributed by atoms with van der Waals surface area (Å²) in [6.07, 6.45) is -0.158. The summed E-state index contributed by atoms with van der Waals surface area (Å²) in [7, 11) is 0. The van der Waals surface area contributed by atoms with E-state index in [0.717, 1.165) is 0 Å². The van der Waals surface area contributed by atoms with Gasteiger partial charge in [0, 0.05) is 16.5 Å². The number of phenolic OH excluding ortho intramolecular Hbond substituents is 2. The third kappa shape index (κ3) is 2.77. The molecule has 0 aliphatic carbocycles. The fourth-order valence-electron chi connectivity index (χ4n) is 2.71. The van der Waals surface area contributed by atoms with Gasteiger partial charge in [0.2, 0.25) is 0 Å². The lowest BCUT2D eigenvalue weighted by Crippen LogP contribution is -2.03. The molecule has 0 radical (unpaired) electrons. The maximum atomic E-state index is 11.1. The Morgan fingerprint density at radius 3 is 2.43 bits per heavy atom. The Morgan fingerprint density at radius 2 is 1.74 bits per heavy atom. The number of hydrogen-bond donors (Lipinski definition) is 3. The molecule has 0 saturated carbocycles. The van der Waals surface area contributed by atoms with Crippen molar-refractivity contribution in [1.82, 2.24) is 4.57 Å². The monoisotopic (exact) mass is 375 g/mol. The van der Waals surface area contributed by atoms with Crippen LogP contribution in [0.4, 0.5) is 0 Å². The molecule has 118 valence electrons. The average molecular weight is 376 g/mol. The number of halogens is 1. The van der Waals surface area contributed by atoms with Crippen molar-refractivity contribution in [2.24, 2.45) is 0 Å². The number of hydrogen-bond acceptors (Lipinski definition) is 3. The molecule has 0 aliphatic heterocycles. The number of nitrogens with zero attached hydrogens (tertiary/aromatic N) is 1. The highest BCUT2D eigenvalue weighted by atomic mass is 79.9. The summed E-state index contributed by atoms with van der Waals surface area (Å²) in [4.78, 5) is 11.1. The average Bonchev–Trinajstić information content (AvgIpc) is 2.76. The molecule has 0 fully saturated rings. The Balaban J connectivity index is 2.22. The van der Waals surface area contributed by atoms with E-state index in [2.05, 4.69) is 15.9 Å². The maximum absolute atomic E-state index is 11.1. The molecule has 1 aromatic heterocycles. The van der Waals surface area contributed by atoms with Crippen LogP contribution in [-0.4, -0.2) is 25.9 Å². The fraction of sp³-hybridized carbons (Fsp3) is 0.118. The third-order valence-corrected chi connectivity index (χ3v) is 4.65. The van der Waals surface area contributed by atoms with Crippen molar-refractivity contribution in [3.63, 3.8) is 0 Å². The molecule has 0 saturated heterocycles. The number of aromatic hydroxyl groups is 2. The second-order valence-corrected chi connectivity index (χ2v) is 5.98. The summed E-state index contributed by atoms with van der Waals surface area (Å²) in [5.41, 5.74) is 1.81. The Kier molecular flexibility index (Phi) is 4.00. The molecule has 6 heteroatoms. The first-order chi connectivity index (χ1) is 11.0. The number of rotatable bonds is 4. The number of benzene rings is 2. The highest BCUT2D eigenvalue weighted by molar-refractivity contribution is 9.10. The molecule has 3 aromatic rings. The van der Waals surface area contributed by atoms with Gasteiger partial charge >= 0.3 is 5.97 Å². The second-order valence-electron chi connectivity index (χ2n) is 5.23. The Bertz CT molecular complexity index is 901. The van der Waals surface area contributed by atoms with Crippen LogP contribution < -0.4 is 0 Å². The second kappa shape index (κ2) is 5.96.